The van der Waals surface area contributed by atoms with Gasteiger partial charge in [0.15, 0.2) is 0 Å². The normalized spacial score (nSPS) is 11.5. The molecular weight excluding hydrogens is 358 g/mol. The van der Waals surface area contributed by atoms with Crippen LogP contribution in [0.4, 0.5) is 0 Å². The number of esters is 1. The van der Waals surface area contributed by atoms with Gasteiger partial charge in [-0.05, 0) is 41.5 Å². The fourth-order valence-electron chi connectivity index (χ4n) is 2.77. The summed E-state index contributed by atoms with van der Waals surface area (Å²) in [7, 11) is 0. The molecule has 140 valence electrons. The highest BCUT2D eigenvalue weighted by atomic mass is 16.5. The number of carbonyl (C=O) groups is 1. The van der Waals surface area contributed by atoms with Gasteiger partial charge in [-0.2, -0.15) is 5.26 Å². The van der Waals surface area contributed by atoms with Crippen LogP contribution in [-0.2, 0) is 9.53 Å². The number of allylic oxidation sites excluding steroid dienone is 1. The van der Waals surface area contributed by atoms with Gasteiger partial charge < -0.3 is 4.74 Å². The second kappa shape index (κ2) is 9.74. The summed E-state index contributed by atoms with van der Waals surface area (Å²) in [4.78, 5) is 11.7. The highest BCUT2D eigenvalue weighted by Gasteiger charge is 2.13. The first-order valence-electron chi connectivity index (χ1n) is 9.17. The van der Waals surface area contributed by atoms with Crippen molar-refractivity contribution in [1.29, 1.82) is 5.26 Å². The Bertz CT molecular complexity index is 1100. The van der Waals surface area contributed by atoms with E-state index in [1.165, 1.54) is 6.92 Å². The molecule has 0 aromatic heterocycles. The first kappa shape index (κ1) is 19.7. The highest BCUT2D eigenvalue weighted by molar-refractivity contribution is 5.80. The molecule has 0 fully saturated rings. The standard InChI is InChI=1S/C26H19NO2/c1-20(28)29-26(24-10-6-3-7-11-24)18-25(17-12-21-8-4-2-5-9-21)23-15-13-22(19-27)14-16-23/h2-11,13-16,18,26H,1H3/b25-18+. The zero-order chi connectivity index (χ0) is 20.5. The third-order valence-electron chi connectivity index (χ3n) is 4.18. The molecule has 0 aliphatic rings. The first-order chi connectivity index (χ1) is 14.2. The molecule has 29 heavy (non-hydrogen) atoms. The van der Waals surface area contributed by atoms with E-state index in [2.05, 4.69) is 17.9 Å². The summed E-state index contributed by atoms with van der Waals surface area (Å²) in [5.41, 5.74) is 3.88. The fraction of sp³-hybridized carbons (Fsp3) is 0.0769. The third-order valence-corrected chi connectivity index (χ3v) is 4.18. The zero-order valence-corrected chi connectivity index (χ0v) is 16.0. The Kier molecular flexibility index (Phi) is 6.61. The molecule has 0 N–H and O–H groups in total. The van der Waals surface area contributed by atoms with Crippen molar-refractivity contribution in [3.05, 3.63) is 113 Å². The van der Waals surface area contributed by atoms with E-state index in [0.717, 1.165) is 16.7 Å². The van der Waals surface area contributed by atoms with Crippen molar-refractivity contribution in [2.24, 2.45) is 0 Å². The fourth-order valence-corrected chi connectivity index (χ4v) is 2.77. The van der Waals surface area contributed by atoms with Gasteiger partial charge in [0.1, 0.15) is 6.10 Å². The second-order valence-corrected chi connectivity index (χ2v) is 6.33. The summed E-state index contributed by atoms with van der Waals surface area (Å²) in [5.74, 6) is 5.99. The molecule has 0 heterocycles. The number of nitriles is 1. The Labute approximate surface area is 170 Å². The molecule has 3 rings (SSSR count). The minimum Gasteiger partial charge on any atom is -0.453 e. The molecule has 1 atom stereocenters. The highest BCUT2D eigenvalue weighted by Crippen LogP contribution is 2.25. The van der Waals surface area contributed by atoms with E-state index in [-0.39, 0.29) is 5.97 Å². The number of hydrogen-bond acceptors (Lipinski definition) is 3. The number of nitrogens with zero attached hydrogens (tertiary/aromatic N) is 1. The summed E-state index contributed by atoms with van der Waals surface area (Å²) in [5, 5.41) is 9.06. The smallest absolute Gasteiger partial charge is 0.303 e. The maximum atomic E-state index is 11.7. The largest absolute Gasteiger partial charge is 0.453 e. The topological polar surface area (TPSA) is 50.1 Å². The van der Waals surface area contributed by atoms with Crippen molar-refractivity contribution in [2.75, 3.05) is 0 Å². The van der Waals surface area contributed by atoms with Crippen LogP contribution in [0.2, 0.25) is 0 Å². The van der Waals surface area contributed by atoms with E-state index in [9.17, 15) is 4.79 Å². The minimum absolute atomic E-state index is 0.370. The molecule has 3 aromatic carbocycles. The SMILES string of the molecule is CC(=O)OC(/C=C(\C#Cc1ccccc1)c1ccc(C#N)cc1)c1ccccc1. The van der Waals surface area contributed by atoms with E-state index >= 15 is 0 Å². The van der Waals surface area contributed by atoms with E-state index in [1.54, 1.807) is 12.1 Å². The van der Waals surface area contributed by atoms with Crippen LogP contribution in [0.15, 0.2) is 91.0 Å². The lowest BCUT2D eigenvalue weighted by molar-refractivity contribution is -0.144. The van der Waals surface area contributed by atoms with Gasteiger partial charge in [0.25, 0.3) is 0 Å². The van der Waals surface area contributed by atoms with Gasteiger partial charge in [0.2, 0.25) is 0 Å². The van der Waals surface area contributed by atoms with E-state index in [1.807, 2.05) is 78.9 Å². The van der Waals surface area contributed by atoms with Crippen LogP contribution < -0.4 is 0 Å². The van der Waals surface area contributed by atoms with E-state index in [4.69, 9.17) is 10.00 Å². The summed E-state index contributed by atoms with van der Waals surface area (Å²) >= 11 is 0. The number of benzene rings is 3. The van der Waals surface area contributed by atoms with Crippen molar-refractivity contribution >= 4 is 11.5 Å². The Morgan fingerprint density at radius 2 is 1.52 bits per heavy atom. The molecule has 1 unspecified atom stereocenters. The number of ether oxygens (including phenoxy) is 1. The van der Waals surface area contributed by atoms with Crippen molar-refractivity contribution in [2.45, 2.75) is 13.0 Å². The predicted molar refractivity (Wildman–Crippen MR) is 113 cm³/mol. The first-order valence-corrected chi connectivity index (χ1v) is 9.17. The molecule has 0 aliphatic heterocycles. The molecule has 0 aliphatic carbocycles. The van der Waals surface area contributed by atoms with Crippen LogP contribution in [0.25, 0.3) is 5.57 Å². The molecule has 0 spiro atoms. The molecule has 3 aromatic rings. The molecule has 0 bridgehead atoms. The van der Waals surface area contributed by atoms with Crippen LogP contribution in [0.1, 0.15) is 35.3 Å². The van der Waals surface area contributed by atoms with Crippen LogP contribution in [-0.4, -0.2) is 5.97 Å². The maximum Gasteiger partial charge on any atom is 0.303 e. The van der Waals surface area contributed by atoms with E-state index in [0.29, 0.717) is 11.1 Å². The van der Waals surface area contributed by atoms with Gasteiger partial charge in [0, 0.05) is 18.1 Å². The Hall–Kier alpha value is -4.08. The quantitative estimate of drug-likeness (QED) is 0.458. The van der Waals surface area contributed by atoms with Crippen LogP contribution in [0, 0.1) is 23.2 Å². The van der Waals surface area contributed by atoms with E-state index < -0.39 is 6.10 Å². The second-order valence-electron chi connectivity index (χ2n) is 6.33. The Morgan fingerprint density at radius 1 is 0.897 bits per heavy atom. The van der Waals surface area contributed by atoms with Crippen molar-refractivity contribution in [3.8, 4) is 17.9 Å². The van der Waals surface area contributed by atoms with Crippen LogP contribution in [0.5, 0.6) is 0 Å². The van der Waals surface area contributed by atoms with Crippen molar-refractivity contribution < 1.29 is 9.53 Å². The lowest BCUT2D eigenvalue weighted by Crippen LogP contribution is -2.07. The minimum atomic E-state index is -0.565. The molecule has 3 nitrogen and oxygen atoms in total. The van der Waals surface area contributed by atoms with Gasteiger partial charge >= 0.3 is 5.97 Å². The molecule has 0 saturated heterocycles. The monoisotopic (exact) mass is 377 g/mol. The molecule has 0 amide bonds. The van der Waals surface area contributed by atoms with Crippen LogP contribution in [0.3, 0.4) is 0 Å². The predicted octanol–water partition coefficient (Wildman–Crippen LogP) is 5.30. The summed E-state index contributed by atoms with van der Waals surface area (Å²) in [6.07, 6.45) is 1.28. The van der Waals surface area contributed by atoms with Crippen molar-refractivity contribution in [1.82, 2.24) is 0 Å². The summed E-state index contributed by atoms with van der Waals surface area (Å²) in [6.45, 7) is 1.39. The average Bonchev–Trinajstić information content (AvgIpc) is 2.77. The summed E-state index contributed by atoms with van der Waals surface area (Å²) < 4.78 is 5.55. The molecule has 0 radical (unpaired) electrons. The number of carbonyl (C=O) groups excluding carboxylic acids is 1. The molecule has 3 heteroatoms. The van der Waals surface area contributed by atoms with Crippen molar-refractivity contribution in [3.63, 3.8) is 0 Å². The zero-order valence-electron chi connectivity index (χ0n) is 16.0. The lowest BCUT2D eigenvalue weighted by atomic mass is 9.99. The number of hydrogen-bond donors (Lipinski definition) is 0. The average molecular weight is 377 g/mol. The maximum absolute atomic E-state index is 11.7. The van der Waals surface area contributed by atoms with Gasteiger partial charge in [-0.25, -0.2) is 0 Å². The molecular formula is C26H19NO2. The molecule has 0 saturated carbocycles. The third kappa shape index (κ3) is 5.70. The van der Waals surface area contributed by atoms with Gasteiger partial charge in [-0.15, -0.1) is 0 Å². The Morgan fingerprint density at radius 3 is 2.10 bits per heavy atom. The number of rotatable bonds is 4. The van der Waals surface area contributed by atoms with Gasteiger partial charge in [-0.1, -0.05) is 72.5 Å². The summed E-state index contributed by atoms with van der Waals surface area (Å²) in [6, 6.07) is 28.5. The Balaban J connectivity index is 2.07. The van der Waals surface area contributed by atoms with Gasteiger partial charge in [-0.3, -0.25) is 4.79 Å². The van der Waals surface area contributed by atoms with Crippen LogP contribution >= 0.6 is 0 Å². The van der Waals surface area contributed by atoms with Gasteiger partial charge in [0.05, 0.1) is 11.6 Å². The lowest BCUT2D eigenvalue weighted by Gasteiger charge is -2.15.